The SMILES string of the molecule is C=COC(=O)N1CCN(c2c(F)cc3c(=O)c(C(=O)OCC)cn(CCF)c3c2F)CC1. The molecule has 1 aromatic heterocycles. The molecule has 0 saturated carbocycles. The normalized spacial score (nSPS) is 13.9. The number of pyridine rings is 1. The number of hydrogen-bond acceptors (Lipinski definition) is 6. The Hall–Kier alpha value is -3.50. The lowest BCUT2D eigenvalue weighted by atomic mass is 10.1. The minimum absolute atomic E-state index is 0.00655. The van der Waals surface area contributed by atoms with Crippen LogP contribution in [0.5, 0.6) is 0 Å². The van der Waals surface area contributed by atoms with Crippen LogP contribution in [0.25, 0.3) is 10.9 Å². The first kappa shape index (κ1) is 23.2. The first-order chi connectivity index (χ1) is 15.3. The number of esters is 1. The summed E-state index contributed by atoms with van der Waals surface area (Å²) < 4.78 is 54.3. The highest BCUT2D eigenvalue weighted by Gasteiger charge is 2.29. The fourth-order valence-corrected chi connectivity index (χ4v) is 3.65. The number of piperazine rings is 1. The van der Waals surface area contributed by atoms with Crippen molar-refractivity contribution in [1.82, 2.24) is 9.47 Å². The summed E-state index contributed by atoms with van der Waals surface area (Å²) in [6, 6.07) is 0.839. The number of carbonyl (C=O) groups is 2. The minimum atomic E-state index is -1.05. The monoisotopic (exact) mass is 453 g/mol. The highest BCUT2D eigenvalue weighted by molar-refractivity contribution is 5.95. The highest BCUT2D eigenvalue weighted by atomic mass is 19.1. The van der Waals surface area contributed by atoms with Gasteiger partial charge in [0, 0.05) is 32.4 Å². The summed E-state index contributed by atoms with van der Waals surface area (Å²) in [5, 5.41) is -0.393. The molecule has 0 N–H and O–H groups in total. The molecule has 32 heavy (non-hydrogen) atoms. The molecule has 1 saturated heterocycles. The number of nitrogens with zero attached hydrogens (tertiary/aromatic N) is 3. The number of anilines is 1. The Labute approximate surface area is 181 Å². The second-order valence-electron chi connectivity index (χ2n) is 6.92. The Kier molecular flexibility index (Phi) is 7.06. The molecule has 11 heteroatoms. The zero-order chi connectivity index (χ0) is 23.4. The second kappa shape index (κ2) is 9.75. The van der Waals surface area contributed by atoms with E-state index in [0.717, 1.165) is 23.1 Å². The van der Waals surface area contributed by atoms with Crippen molar-refractivity contribution in [1.29, 1.82) is 0 Å². The van der Waals surface area contributed by atoms with Gasteiger partial charge in [-0.15, -0.1) is 0 Å². The van der Waals surface area contributed by atoms with Crippen molar-refractivity contribution in [2.75, 3.05) is 44.4 Å². The van der Waals surface area contributed by atoms with Gasteiger partial charge in [-0.05, 0) is 13.0 Å². The molecule has 1 aromatic carbocycles. The largest absolute Gasteiger partial charge is 0.462 e. The third kappa shape index (κ3) is 4.27. The number of carbonyl (C=O) groups excluding carboxylic acids is 2. The van der Waals surface area contributed by atoms with Crippen LogP contribution in [0.4, 0.5) is 23.7 Å². The van der Waals surface area contributed by atoms with Gasteiger partial charge < -0.3 is 23.8 Å². The number of fused-ring (bicyclic) bond motifs is 1. The van der Waals surface area contributed by atoms with Gasteiger partial charge in [0.05, 0.1) is 30.3 Å². The summed E-state index contributed by atoms with van der Waals surface area (Å²) in [4.78, 5) is 39.4. The number of amides is 1. The van der Waals surface area contributed by atoms with Crippen molar-refractivity contribution in [3.63, 3.8) is 0 Å². The van der Waals surface area contributed by atoms with Crippen molar-refractivity contribution in [3.05, 3.63) is 52.5 Å². The third-order valence-corrected chi connectivity index (χ3v) is 5.09. The average molecular weight is 453 g/mol. The van der Waals surface area contributed by atoms with Gasteiger partial charge in [0.15, 0.2) is 5.82 Å². The maximum absolute atomic E-state index is 15.5. The van der Waals surface area contributed by atoms with E-state index in [9.17, 15) is 23.2 Å². The van der Waals surface area contributed by atoms with E-state index < -0.39 is 52.4 Å². The molecule has 0 bridgehead atoms. The third-order valence-electron chi connectivity index (χ3n) is 5.09. The van der Waals surface area contributed by atoms with E-state index in [1.807, 2.05) is 0 Å². The van der Waals surface area contributed by atoms with Crippen molar-refractivity contribution in [2.24, 2.45) is 0 Å². The van der Waals surface area contributed by atoms with Crippen molar-refractivity contribution in [2.45, 2.75) is 13.5 Å². The Morgan fingerprint density at radius 3 is 2.50 bits per heavy atom. The molecule has 3 rings (SSSR count). The van der Waals surface area contributed by atoms with Crippen LogP contribution in [0.1, 0.15) is 17.3 Å². The van der Waals surface area contributed by atoms with E-state index in [2.05, 4.69) is 6.58 Å². The van der Waals surface area contributed by atoms with Crippen LogP contribution in [-0.4, -0.2) is 61.0 Å². The zero-order valence-corrected chi connectivity index (χ0v) is 17.4. The standard InChI is InChI=1S/C21H22F3N3O5/c1-3-31-20(29)14-12-27(6-5-22)17-13(19(14)28)11-15(23)18(16(17)24)25-7-9-26(10-8-25)21(30)32-4-2/h4,11-12H,2-3,5-10H2,1H3. The molecular weight excluding hydrogens is 431 g/mol. The van der Waals surface area contributed by atoms with E-state index in [-0.39, 0.29) is 44.8 Å². The van der Waals surface area contributed by atoms with Crippen LogP contribution in [0.15, 0.2) is 29.9 Å². The molecule has 1 aliphatic heterocycles. The Morgan fingerprint density at radius 2 is 1.91 bits per heavy atom. The molecule has 172 valence electrons. The van der Waals surface area contributed by atoms with Gasteiger partial charge >= 0.3 is 12.1 Å². The highest BCUT2D eigenvalue weighted by Crippen LogP contribution is 2.31. The van der Waals surface area contributed by atoms with Gasteiger partial charge in [0.25, 0.3) is 0 Å². The van der Waals surface area contributed by atoms with Gasteiger partial charge in [-0.1, -0.05) is 6.58 Å². The van der Waals surface area contributed by atoms with Gasteiger partial charge in [-0.3, -0.25) is 4.79 Å². The maximum Gasteiger partial charge on any atom is 0.414 e. The Morgan fingerprint density at radius 1 is 1.22 bits per heavy atom. The average Bonchev–Trinajstić information content (AvgIpc) is 2.76. The molecule has 1 fully saturated rings. The molecule has 0 atom stereocenters. The Bertz CT molecular complexity index is 1110. The molecule has 1 amide bonds. The minimum Gasteiger partial charge on any atom is -0.462 e. The first-order valence-corrected chi connectivity index (χ1v) is 9.93. The fraction of sp³-hybridized carbons (Fsp3) is 0.381. The smallest absolute Gasteiger partial charge is 0.414 e. The molecule has 0 unspecified atom stereocenters. The van der Waals surface area contributed by atoms with E-state index >= 15 is 4.39 Å². The van der Waals surface area contributed by atoms with E-state index in [0.29, 0.717) is 0 Å². The van der Waals surface area contributed by atoms with E-state index in [1.54, 1.807) is 6.92 Å². The fourth-order valence-electron chi connectivity index (χ4n) is 3.65. The molecule has 1 aliphatic rings. The number of rotatable bonds is 6. The molecule has 2 aromatic rings. The molecule has 0 radical (unpaired) electrons. The summed E-state index contributed by atoms with van der Waals surface area (Å²) in [7, 11) is 0. The predicted molar refractivity (Wildman–Crippen MR) is 111 cm³/mol. The second-order valence-corrected chi connectivity index (χ2v) is 6.92. The molecular formula is C21H22F3N3O5. The topological polar surface area (TPSA) is 81.1 Å². The molecule has 8 nitrogen and oxygen atoms in total. The van der Waals surface area contributed by atoms with E-state index in [4.69, 9.17) is 9.47 Å². The maximum atomic E-state index is 15.5. The van der Waals surface area contributed by atoms with Gasteiger partial charge in [0.1, 0.15) is 23.7 Å². The number of aryl methyl sites for hydroxylation is 1. The lowest BCUT2D eigenvalue weighted by Gasteiger charge is -2.35. The Balaban J connectivity index is 2.07. The van der Waals surface area contributed by atoms with Crippen LogP contribution in [0.2, 0.25) is 0 Å². The van der Waals surface area contributed by atoms with Crippen molar-refractivity contribution in [3.8, 4) is 0 Å². The van der Waals surface area contributed by atoms with Gasteiger partial charge in [-0.2, -0.15) is 0 Å². The summed E-state index contributed by atoms with van der Waals surface area (Å²) in [5.41, 5.74) is -2.06. The lowest BCUT2D eigenvalue weighted by molar-refractivity contribution is 0.0524. The zero-order valence-electron chi connectivity index (χ0n) is 17.4. The number of benzene rings is 1. The van der Waals surface area contributed by atoms with Crippen LogP contribution in [0.3, 0.4) is 0 Å². The lowest BCUT2D eigenvalue weighted by Crippen LogP contribution is -2.49. The van der Waals surface area contributed by atoms with Gasteiger partial charge in [0.2, 0.25) is 5.43 Å². The quantitative estimate of drug-likeness (QED) is 0.494. The van der Waals surface area contributed by atoms with E-state index in [1.165, 1.54) is 9.80 Å². The predicted octanol–water partition coefficient (Wildman–Crippen LogP) is 2.83. The van der Waals surface area contributed by atoms with Crippen molar-refractivity contribution >= 4 is 28.7 Å². The van der Waals surface area contributed by atoms with Crippen LogP contribution >= 0.6 is 0 Å². The van der Waals surface area contributed by atoms with Crippen molar-refractivity contribution < 1.29 is 32.2 Å². The number of halogens is 3. The molecule has 2 heterocycles. The number of hydrogen-bond donors (Lipinski definition) is 0. The summed E-state index contributed by atoms with van der Waals surface area (Å²) in [5.74, 6) is -3.02. The number of aromatic nitrogens is 1. The number of ether oxygens (including phenoxy) is 2. The van der Waals surface area contributed by atoms with Crippen LogP contribution in [0, 0.1) is 11.6 Å². The number of alkyl halides is 1. The first-order valence-electron chi connectivity index (χ1n) is 9.93. The van der Waals surface area contributed by atoms with Crippen LogP contribution in [-0.2, 0) is 16.0 Å². The molecule has 0 aliphatic carbocycles. The summed E-state index contributed by atoms with van der Waals surface area (Å²) >= 11 is 0. The summed E-state index contributed by atoms with van der Waals surface area (Å²) in [6.07, 6.45) is 1.39. The summed E-state index contributed by atoms with van der Waals surface area (Å²) in [6.45, 7) is 4.06. The molecule has 0 spiro atoms. The van der Waals surface area contributed by atoms with Crippen LogP contribution < -0.4 is 10.3 Å². The van der Waals surface area contributed by atoms with Gasteiger partial charge in [-0.25, -0.2) is 22.8 Å².